The number of fused-ring (bicyclic) bond motifs is 1. The lowest BCUT2D eigenvalue weighted by Gasteiger charge is -2.47. The number of halogens is 3. The van der Waals surface area contributed by atoms with Gasteiger partial charge in [-0.15, -0.1) is 0 Å². The van der Waals surface area contributed by atoms with Gasteiger partial charge in [0.2, 0.25) is 0 Å². The third-order valence-electron chi connectivity index (χ3n) is 5.66. The zero-order chi connectivity index (χ0) is 22.8. The Morgan fingerprint density at radius 1 is 1.32 bits per heavy atom. The lowest BCUT2D eigenvalue weighted by Crippen LogP contribution is -2.48. The van der Waals surface area contributed by atoms with Crippen molar-refractivity contribution in [2.75, 3.05) is 24.0 Å². The highest BCUT2D eigenvalue weighted by molar-refractivity contribution is 5.86. The number of rotatable bonds is 6. The van der Waals surface area contributed by atoms with Crippen LogP contribution in [0, 0.1) is 0 Å². The van der Waals surface area contributed by atoms with Crippen molar-refractivity contribution in [2.45, 2.75) is 58.2 Å². The second-order valence-electron chi connectivity index (χ2n) is 8.52. The van der Waals surface area contributed by atoms with E-state index in [0.29, 0.717) is 11.7 Å². The number of aromatic nitrogens is 1. The van der Waals surface area contributed by atoms with E-state index in [1.54, 1.807) is 13.3 Å². The topological polar surface area (TPSA) is 49.8 Å². The maximum absolute atomic E-state index is 12.7. The molecule has 0 radical (unpaired) electrons. The number of pyridine rings is 1. The maximum atomic E-state index is 12.7. The molecule has 1 aromatic carbocycles. The van der Waals surface area contributed by atoms with Crippen LogP contribution in [-0.2, 0) is 6.18 Å². The van der Waals surface area contributed by atoms with E-state index in [4.69, 9.17) is 4.74 Å². The first kappa shape index (κ1) is 22.9. The monoisotopic (exact) mass is 434 g/mol. The molecule has 5 nitrogen and oxygen atoms in total. The molecule has 2 heterocycles. The van der Waals surface area contributed by atoms with Crippen molar-refractivity contribution < 1.29 is 17.9 Å². The van der Waals surface area contributed by atoms with Crippen molar-refractivity contribution in [3.05, 3.63) is 47.2 Å². The normalized spacial score (nSPS) is 18.2. The Morgan fingerprint density at radius 3 is 2.65 bits per heavy atom. The number of nitrogens with one attached hydrogen (secondary N) is 1. The van der Waals surface area contributed by atoms with Crippen molar-refractivity contribution in [2.24, 2.45) is 5.10 Å². The van der Waals surface area contributed by atoms with E-state index in [-0.39, 0.29) is 11.4 Å². The molecule has 8 heteroatoms. The molecule has 0 fully saturated rings. The third kappa shape index (κ3) is 4.94. The molecule has 2 aromatic rings. The second kappa shape index (κ2) is 8.77. The van der Waals surface area contributed by atoms with Gasteiger partial charge < -0.3 is 9.64 Å². The standard InChI is InChI=1S/C23H29F3N4O/c1-6-9-30-19-11-20(31-5)16(10-18(19)15(2)12-22(30,3)4)13-28-29-21-8-7-17(14-27-21)23(24,25)26/h7-8,10-11,13-15H,6,9,12H2,1-5H3,(H,27,29)/b28-13+. The molecular weight excluding hydrogens is 405 g/mol. The highest BCUT2D eigenvalue weighted by Gasteiger charge is 2.36. The SMILES string of the molecule is CCCN1c2cc(OC)c(/C=N/Nc3ccc(C(F)(F)F)cn3)cc2C(C)CC1(C)C. The number of hydrazone groups is 1. The van der Waals surface area contributed by atoms with Crippen LogP contribution in [0.15, 0.2) is 35.6 Å². The molecule has 0 saturated carbocycles. The van der Waals surface area contributed by atoms with Crippen LogP contribution in [0.2, 0.25) is 0 Å². The molecule has 0 spiro atoms. The minimum Gasteiger partial charge on any atom is -0.496 e. The molecule has 1 atom stereocenters. The van der Waals surface area contributed by atoms with Gasteiger partial charge in [0.15, 0.2) is 0 Å². The predicted octanol–water partition coefficient (Wildman–Crippen LogP) is 6.06. The lowest BCUT2D eigenvalue weighted by atomic mass is 9.79. The van der Waals surface area contributed by atoms with Gasteiger partial charge in [0, 0.05) is 35.6 Å². The Morgan fingerprint density at radius 2 is 2.06 bits per heavy atom. The summed E-state index contributed by atoms with van der Waals surface area (Å²) in [4.78, 5) is 6.21. The van der Waals surface area contributed by atoms with E-state index < -0.39 is 11.7 Å². The Bertz CT molecular complexity index is 939. The van der Waals surface area contributed by atoms with Crippen molar-refractivity contribution >= 4 is 17.7 Å². The third-order valence-corrected chi connectivity index (χ3v) is 5.66. The van der Waals surface area contributed by atoms with Gasteiger partial charge in [0.25, 0.3) is 0 Å². The minimum atomic E-state index is -4.41. The summed E-state index contributed by atoms with van der Waals surface area (Å²) in [5.41, 5.74) is 5.15. The molecule has 0 saturated heterocycles. The summed E-state index contributed by atoms with van der Waals surface area (Å²) < 4.78 is 43.6. The summed E-state index contributed by atoms with van der Waals surface area (Å²) >= 11 is 0. The van der Waals surface area contributed by atoms with Gasteiger partial charge in [-0.25, -0.2) is 4.98 Å². The van der Waals surface area contributed by atoms with E-state index in [2.05, 4.69) is 60.2 Å². The predicted molar refractivity (Wildman–Crippen MR) is 118 cm³/mol. The Hall–Kier alpha value is -2.77. The van der Waals surface area contributed by atoms with E-state index in [9.17, 15) is 13.2 Å². The van der Waals surface area contributed by atoms with E-state index in [0.717, 1.165) is 37.2 Å². The fourth-order valence-corrected chi connectivity index (χ4v) is 4.25. The molecule has 0 bridgehead atoms. The molecule has 1 aromatic heterocycles. The number of anilines is 2. The van der Waals surface area contributed by atoms with Crippen LogP contribution in [0.4, 0.5) is 24.7 Å². The van der Waals surface area contributed by atoms with Gasteiger partial charge in [-0.2, -0.15) is 18.3 Å². The number of nitrogens with zero attached hydrogens (tertiary/aromatic N) is 3. The maximum Gasteiger partial charge on any atom is 0.417 e. The van der Waals surface area contributed by atoms with Crippen LogP contribution in [0.5, 0.6) is 5.75 Å². The summed E-state index contributed by atoms with van der Waals surface area (Å²) in [6.07, 6.45) is 0.0594. The molecule has 3 rings (SSSR count). The first-order valence-electron chi connectivity index (χ1n) is 10.4. The van der Waals surface area contributed by atoms with Crippen molar-refractivity contribution in [3.8, 4) is 5.75 Å². The van der Waals surface area contributed by atoms with Gasteiger partial charge >= 0.3 is 6.18 Å². The van der Waals surface area contributed by atoms with Crippen LogP contribution in [0.25, 0.3) is 0 Å². The van der Waals surface area contributed by atoms with Gasteiger partial charge in [0.1, 0.15) is 11.6 Å². The highest BCUT2D eigenvalue weighted by Crippen LogP contribution is 2.45. The Balaban J connectivity index is 1.86. The quantitative estimate of drug-likeness (QED) is 0.444. The fourth-order valence-electron chi connectivity index (χ4n) is 4.25. The fraction of sp³-hybridized carbons (Fsp3) is 0.478. The van der Waals surface area contributed by atoms with E-state index in [1.165, 1.54) is 17.3 Å². The van der Waals surface area contributed by atoms with Crippen LogP contribution in [-0.4, -0.2) is 30.4 Å². The highest BCUT2D eigenvalue weighted by atomic mass is 19.4. The van der Waals surface area contributed by atoms with Crippen molar-refractivity contribution in [1.29, 1.82) is 0 Å². The summed E-state index contributed by atoms with van der Waals surface area (Å²) in [6.45, 7) is 9.90. The molecule has 1 aliphatic heterocycles. The summed E-state index contributed by atoms with van der Waals surface area (Å²) in [5, 5.41) is 4.16. The number of hydrogen-bond acceptors (Lipinski definition) is 5. The van der Waals surface area contributed by atoms with Crippen LogP contribution < -0.4 is 15.1 Å². The number of benzene rings is 1. The second-order valence-corrected chi connectivity index (χ2v) is 8.52. The lowest BCUT2D eigenvalue weighted by molar-refractivity contribution is -0.137. The first-order valence-corrected chi connectivity index (χ1v) is 10.4. The molecule has 1 unspecified atom stereocenters. The number of ether oxygens (including phenoxy) is 1. The average molecular weight is 435 g/mol. The molecule has 31 heavy (non-hydrogen) atoms. The largest absolute Gasteiger partial charge is 0.496 e. The number of methoxy groups -OCH3 is 1. The molecule has 1 N–H and O–H groups in total. The van der Waals surface area contributed by atoms with Gasteiger partial charge in [-0.3, -0.25) is 5.43 Å². The number of hydrogen-bond donors (Lipinski definition) is 1. The van der Waals surface area contributed by atoms with Crippen LogP contribution >= 0.6 is 0 Å². The van der Waals surface area contributed by atoms with Gasteiger partial charge in [-0.05, 0) is 56.4 Å². The van der Waals surface area contributed by atoms with Gasteiger partial charge in [-0.1, -0.05) is 13.8 Å². The molecule has 0 aliphatic carbocycles. The summed E-state index contributed by atoms with van der Waals surface area (Å²) in [5.74, 6) is 1.29. The molecular formula is C23H29F3N4O. The zero-order valence-corrected chi connectivity index (χ0v) is 18.5. The molecule has 1 aliphatic rings. The smallest absolute Gasteiger partial charge is 0.417 e. The summed E-state index contributed by atoms with van der Waals surface area (Å²) in [6, 6.07) is 6.36. The van der Waals surface area contributed by atoms with Crippen LogP contribution in [0.1, 0.15) is 63.1 Å². The van der Waals surface area contributed by atoms with Gasteiger partial charge in [0.05, 0.1) is 18.9 Å². The van der Waals surface area contributed by atoms with Crippen molar-refractivity contribution in [1.82, 2.24) is 4.98 Å². The van der Waals surface area contributed by atoms with Crippen molar-refractivity contribution in [3.63, 3.8) is 0 Å². The minimum absolute atomic E-state index is 0.0544. The average Bonchev–Trinajstić information content (AvgIpc) is 2.70. The Labute approximate surface area is 181 Å². The van der Waals surface area contributed by atoms with E-state index in [1.807, 2.05) is 0 Å². The Kier molecular flexibility index (Phi) is 6.48. The zero-order valence-electron chi connectivity index (χ0n) is 18.5. The van der Waals surface area contributed by atoms with E-state index >= 15 is 0 Å². The first-order chi connectivity index (χ1) is 14.6. The van der Waals surface area contributed by atoms with Crippen LogP contribution in [0.3, 0.4) is 0 Å². The molecule has 168 valence electrons. The summed E-state index contributed by atoms with van der Waals surface area (Å²) in [7, 11) is 1.62. The number of alkyl halides is 3. The molecule has 0 amide bonds.